The van der Waals surface area contributed by atoms with Gasteiger partial charge in [-0.3, -0.25) is 0 Å². The minimum atomic E-state index is 0.120. The second-order valence-electron chi connectivity index (χ2n) is 1.98. The van der Waals surface area contributed by atoms with Gasteiger partial charge in [0.25, 0.3) is 0 Å². The van der Waals surface area contributed by atoms with Crippen LogP contribution in [-0.4, -0.2) is 12.0 Å². The van der Waals surface area contributed by atoms with Gasteiger partial charge in [-0.2, -0.15) is 0 Å². The van der Waals surface area contributed by atoms with E-state index in [4.69, 9.17) is 11.6 Å². The molecule has 1 aliphatic heterocycles. The highest BCUT2D eigenvalue weighted by Gasteiger charge is 2.17. The molecule has 1 radical (unpaired) electrons. The second kappa shape index (κ2) is 2.01. The molecule has 0 saturated carbocycles. The Hall–Kier alpha value is 0.250. The maximum atomic E-state index is 5.64. The molecule has 2 heteroatoms. The fourth-order valence-corrected chi connectivity index (χ4v) is 1.06. The molecule has 0 aromatic carbocycles. The van der Waals surface area contributed by atoms with E-state index in [9.17, 15) is 0 Å². The Morgan fingerprint density at radius 3 is 2.71 bits per heavy atom. The van der Waals surface area contributed by atoms with Crippen molar-refractivity contribution in [3.8, 4) is 0 Å². The number of nitrogens with one attached hydrogen (secondary N) is 1. The lowest BCUT2D eigenvalue weighted by atomic mass is 10.2. The van der Waals surface area contributed by atoms with Crippen molar-refractivity contribution in [3.05, 3.63) is 6.42 Å². The molecule has 2 atom stereocenters. The molecule has 0 bridgehead atoms. The molecule has 2 unspecified atom stereocenters. The van der Waals surface area contributed by atoms with E-state index in [0.717, 1.165) is 6.54 Å². The first-order valence-corrected chi connectivity index (χ1v) is 2.95. The molecule has 7 heavy (non-hydrogen) atoms. The SMILES string of the molecule is CC1[CH]C(Cl)NC1. The lowest BCUT2D eigenvalue weighted by molar-refractivity contribution is 0.713. The van der Waals surface area contributed by atoms with Crippen LogP contribution in [0.3, 0.4) is 0 Å². The largest absolute Gasteiger partial charge is 0.301 e. The Labute approximate surface area is 49.0 Å². The Morgan fingerprint density at radius 2 is 2.57 bits per heavy atom. The molecule has 0 aromatic heterocycles. The van der Waals surface area contributed by atoms with Crippen molar-refractivity contribution in [1.29, 1.82) is 0 Å². The van der Waals surface area contributed by atoms with E-state index >= 15 is 0 Å². The van der Waals surface area contributed by atoms with Crippen LogP contribution in [0.1, 0.15) is 6.92 Å². The Bertz CT molecular complexity index is 57.1. The summed E-state index contributed by atoms with van der Waals surface area (Å²) in [5.74, 6) is 0.655. The van der Waals surface area contributed by atoms with Crippen LogP contribution in [0.4, 0.5) is 0 Å². The predicted molar refractivity (Wildman–Crippen MR) is 31.1 cm³/mol. The summed E-state index contributed by atoms with van der Waals surface area (Å²) in [7, 11) is 0. The molecule has 0 amide bonds. The van der Waals surface area contributed by atoms with Crippen molar-refractivity contribution in [3.63, 3.8) is 0 Å². The van der Waals surface area contributed by atoms with E-state index in [-0.39, 0.29) is 5.50 Å². The van der Waals surface area contributed by atoms with E-state index in [1.807, 2.05) is 0 Å². The van der Waals surface area contributed by atoms with E-state index in [1.54, 1.807) is 0 Å². The fraction of sp³-hybridized carbons (Fsp3) is 0.800. The first-order valence-electron chi connectivity index (χ1n) is 2.51. The average molecular weight is 119 g/mol. The number of hydrogen-bond donors (Lipinski definition) is 1. The third kappa shape index (κ3) is 1.32. The summed E-state index contributed by atoms with van der Waals surface area (Å²) in [4.78, 5) is 0. The third-order valence-corrected chi connectivity index (χ3v) is 1.43. The normalized spacial score (nSPS) is 42.0. The molecule has 1 saturated heterocycles. The summed E-state index contributed by atoms with van der Waals surface area (Å²) in [5.41, 5.74) is 0.120. The summed E-state index contributed by atoms with van der Waals surface area (Å²) < 4.78 is 0. The summed E-state index contributed by atoms with van der Waals surface area (Å²) in [6, 6.07) is 0. The maximum absolute atomic E-state index is 5.64. The molecule has 0 aliphatic carbocycles. The van der Waals surface area contributed by atoms with Crippen molar-refractivity contribution >= 4 is 11.6 Å². The average Bonchev–Trinajstić information content (AvgIpc) is 1.87. The second-order valence-corrected chi connectivity index (χ2v) is 2.45. The maximum Gasteiger partial charge on any atom is 0.0860 e. The number of halogens is 1. The monoisotopic (exact) mass is 118 g/mol. The van der Waals surface area contributed by atoms with Gasteiger partial charge in [0.2, 0.25) is 0 Å². The van der Waals surface area contributed by atoms with Gasteiger partial charge in [-0.15, -0.1) is 11.6 Å². The molecule has 41 valence electrons. The fourth-order valence-electron chi connectivity index (χ4n) is 0.723. The van der Waals surface area contributed by atoms with Crippen molar-refractivity contribution < 1.29 is 0 Å². The summed E-state index contributed by atoms with van der Waals surface area (Å²) in [6.07, 6.45) is 2.10. The number of rotatable bonds is 0. The smallest absolute Gasteiger partial charge is 0.0860 e. The Morgan fingerprint density at radius 1 is 1.86 bits per heavy atom. The molecule has 1 rings (SSSR count). The summed E-state index contributed by atoms with van der Waals surface area (Å²) >= 11 is 5.64. The van der Waals surface area contributed by atoms with Gasteiger partial charge in [-0.05, 0) is 18.9 Å². The quantitative estimate of drug-likeness (QED) is 0.370. The van der Waals surface area contributed by atoms with E-state index in [2.05, 4.69) is 18.7 Å². The van der Waals surface area contributed by atoms with Gasteiger partial charge < -0.3 is 5.32 Å². The van der Waals surface area contributed by atoms with Gasteiger partial charge in [-0.25, -0.2) is 0 Å². The summed E-state index contributed by atoms with van der Waals surface area (Å²) in [6.45, 7) is 3.18. The van der Waals surface area contributed by atoms with Gasteiger partial charge in [0, 0.05) is 0 Å². The van der Waals surface area contributed by atoms with Gasteiger partial charge >= 0.3 is 0 Å². The highest BCUT2D eigenvalue weighted by Crippen LogP contribution is 2.13. The van der Waals surface area contributed by atoms with Gasteiger partial charge in [0.1, 0.15) is 0 Å². The molecule has 1 nitrogen and oxygen atoms in total. The van der Waals surface area contributed by atoms with Crippen molar-refractivity contribution in [2.75, 3.05) is 6.54 Å². The van der Waals surface area contributed by atoms with Gasteiger partial charge in [0.15, 0.2) is 0 Å². The third-order valence-electron chi connectivity index (χ3n) is 1.13. The lowest BCUT2D eigenvalue weighted by Crippen LogP contribution is -2.14. The minimum absolute atomic E-state index is 0.120. The van der Waals surface area contributed by atoms with Gasteiger partial charge in [-0.1, -0.05) is 6.92 Å². The molecule has 0 spiro atoms. The predicted octanol–water partition coefficient (Wildman–Crippen LogP) is 0.995. The first-order chi connectivity index (χ1) is 3.29. The van der Waals surface area contributed by atoms with E-state index in [1.165, 1.54) is 0 Å². The zero-order chi connectivity index (χ0) is 5.28. The Balaban J connectivity index is 2.26. The zero-order valence-electron chi connectivity index (χ0n) is 4.32. The van der Waals surface area contributed by atoms with Gasteiger partial charge in [0.05, 0.1) is 5.50 Å². The van der Waals surface area contributed by atoms with Crippen LogP contribution in [-0.2, 0) is 0 Å². The Kier molecular flexibility index (Phi) is 1.55. The van der Waals surface area contributed by atoms with Crippen molar-refractivity contribution in [2.24, 2.45) is 5.92 Å². The zero-order valence-corrected chi connectivity index (χ0v) is 5.07. The van der Waals surface area contributed by atoms with E-state index < -0.39 is 0 Å². The van der Waals surface area contributed by atoms with Crippen LogP contribution in [0.5, 0.6) is 0 Å². The van der Waals surface area contributed by atoms with Crippen LogP contribution >= 0.6 is 11.6 Å². The summed E-state index contributed by atoms with van der Waals surface area (Å²) in [5, 5.41) is 3.08. The first kappa shape index (κ1) is 5.39. The standard InChI is InChI=1S/C5H9ClN/c1-4-2-5(6)7-3-4/h2,4-5,7H,3H2,1H3. The van der Waals surface area contributed by atoms with Crippen LogP contribution in [0.25, 0.3) is 0 Å². The van der Waals surface area contributed by atoms with Crippen molar-refractivity contribution in [2.45, 2.75) is 12.4 Å². The molecular weight excluding hydrogens is 110 g/mol. The van der Waals surface area contributed by atoms with E-state index in [0.29, 0.717) is 5.92 Å². The van der Waals surface area contributed by atoms with Crippen LogP contribution < -0.4 is 5.32 Å². The van der Waals surface area contributed by atoms with Crippen LogP contribution in [0.15, 0.2) is 0 Å². The minimum Gasteiger partial charge on any atom is -0.301 e. The van der Waals surface area contributed by atoms with Crippen molar-refractivity contribution in [1.82, 2.24) is 5.32 Å². The highest BCUT2D eigenvalue weighted by molar-refractivity contribution is 6.21. The van der Waals surface area contributed by atoms with Crippen LogP contribution in [0, 0.1) is 12.3 Å². The highest BCUT2D eigenvalue weighted by atomic mass is 35.5. The lowest BCUT2D eigenvalue weighted by Gasteiger charge is -1.92. The molecule has 0 aromatic rings. The molecule has 1 heterocycles. The topological polar surface area (TPSA) is 12.0 Å². The molecular formula is C5H9ClN. The molecule has 1 N–H and O–H groups in total. The van der Waals surface area contributed by atoms with Crippen LogP contribution in [0.2, 0.25) is 0 Å². The molecule has 1 aliphatic rings. The number of hydrogen-bond acceptors (Lipinski definition) is 1. The number of alkyl halides is 1. The molecule has 1 fully saturated rings.